The molecule has 1 unspecified atom stereocenters. The molecule has 7 nitrogen and oxygen atoms in total. The zero-order valence-corrected chi connectivity index (χ0v) is 22.7. The quantitative estimate of drug-likeness (QED) is 0.461. The number of carbonyl (C=O) groups is 1. The van der Waals surface area contributed by atoms with E-state index in [9.17, 15) is 22.4 Å². The van der Waals surface area contributed by atoms with Crippen LogP contribution in [0, 0.1) is 11.7 Å². The third-order valence-electron chi connectivity index (χ3n) is 9.36. The molecular formula is C27H34F4N6OS. The Morgan fingerprint density at radius 3 is 2.77 bits per heavy atom. The molecule has 3 heterocycles. The zero-order chi connectivity index (χ0) is 27.5. The number of urea groups is 1. The van der Waals surface area contributed by atoms with Gasteiger partial charge in [-0.05, 0) is 63.3 Å². The largest absolute Gasteiger partial charge is 0.419 e. The molecule has 2 aliphatic carbocycles. The number of fused-ring (bicyclic) bond motifs is 3. The van der Waals surface area contributed by atoms with Crippen molar-refractivity contribution in [2.45, 2.75) is 68.4 Å². The first-order valence-electron chi connectivity index (χ1n) is 13.6. The van der Waals surface area contributed by atoms with Crippen molar-refractivity contribution in [2.24, 2.45) is 11.7 Å². The number of nitrogens with zero attached hydrogens (tertiary/aromatic N) is 4. The van der Waals surface area contributed by atoms with Crippen LogP contribution < -0.4 is 11.1 Å². The number of aromatic nitrogens is 1. The molecule has 6 rings (SSSR count). The number of hydrogen-bond acceptors (Lipinski definition) is 6. The number of likely N-dealkylation sites (N-methyl/N-ethyl adjacent to an activating group) is 1. The topological polar surface area (TPSA) is 77.7 Å². The summed E-state index contributed by atoms with van der Waals surface area (Å²) in [6.45, 7) is 3.89. The first-order chi connectivity index (χ1) is 18.6. The average molecular weight is 567 g/mol. The van der Waals surface area contributed by atoms with Crippen LogP contribution in [-0.4, -0.2) is 77.1 Å². The molecule has 0 spiro atoms. The van der Waals surface area contributed by atoms with Gasteiger partial charge in [0.2, 0.25) is 0 Å². The van der Waals surface area contributed by atoms with Gasteiger partial charge in [0, 0.05) is 73.0 Å². The lowest BCUT2D eigenvalue weighted by molar-refractivity contribution is -0.139. The van der Waals surface area contributed by atoms with Crippen LogP contribution >= 0.6 is 11.3 Å². The summed E-state index contributed by atoms with van der Waals surface area (Å²) >= 11 is 1.63. The summed E-state index contributed by atoms with van der Waals surface area (Å²) in [5.74, 6) is -1.08. The Labute approximate surface area is 229 Å². The van der Waals surface area contributed by atoms with Crippen molar-refractivity contribution < 1.29 is 22.4 Å². The van der Waals surface area contributed by atoms with Gasteiger partial charge in [-0.2, -0.15) is 13.2 Å². The van der Waals surface area contributed by atoms with E-state index in [1.807, 2.05) is 11.1 Å². The van der Waals surface area contributed by atoms with Gasteiger partial charge in [-0.25, -0.2) is 14.2 Å². The summed E-state index contributed by atoms with van der Waals surface area (Å²) < 4.78 is 53.7. The van der Waals surface area contributed by atoms with E-state index in [1.54, 1.807) is 11.3 Å². The van der Waals surface area contributed by atoms with Gasteiger partial charge < -0.3 is 20.9 Å². The normalized spacial score (nSPS) is 30.1. The second-order valence-electron chi connectivity index (χ2n) is 11.5. The first kappa shape index (κ1) is 26.9. The Morgan fingerprint density at radius 2 is 2.13 bits per heavy atom. The van der Waals surface area contributed by atoms with E-state index < -0.39 is 23.6 Å². The van der Waals surface area contributed by atoms with Gasteiger partial charge >= 0.3 is 12.2 Å². The Balaban J connectivity index is 1.17. The molecule has 1 aromatic carbocycles. The molecule has 2 saturated carbocycles. The van der Waals surface area contributed by atoms with Gasteiger partial charge in [0.1, 0.15) is 10.8 Å². The average Bonchev–Trinajstić information content (AvgIpc) is 3.34. The third kappa shape index (κ3) is 4.93. The van der Waals surface area contributed by atoms with E-state index in [0.717, 1.165) is 56.4 Å². The highest BCUT2D eigenvalue weighted by atomic mass is 32.1. The van der Waals surface area contributed by atoms with Crippen molar-refractivity contribution in [1.82, 2.24) is 19.7 Å². The Kier molecular flexibility index (Phi) is 6.88. The minimum atomic E-state index is -4.84. The molecule has 2 saturated heterocycles. The lowest BCUT2D eigenvalue weighted by Crippen LogP contribution is -2.47. The van der Waals surface area contributed by atoms with Crippen LogP contribution in [0.15, 0.2) is 24.4 Å². The lowest BCUT2D eigenvalue weighted by Gasteiger charge is -2.34. The summed E-state index contributed by atoms with van der Waals surface area (Å²) in [6.07, 6.45) is 1.76. The number of alkyl halides is 3. The highest BCUT2D eigenvalue weighted by molar-refractivity contribution is 7.11. The van der Waals surface area contributed by atoms with E-state index >= 15 is 0 Å². The van der Waals surface area contributed by atoms with Gasteiger partial charge in [-0.15, -0.1) is 11.3 Å². The van der Waals surface area contributed by atoms with E-state index in [1.165, 1.54) is 17.4 Å². The molecular weight excluding hydrogens is 532 g/mol. The number of nitrogens with two attached hydrogens (primary N) is 1. The van der Waals surface area contributed by atoms with Gasteiger partial charge in [-0.3, -0.25) is 4.90 Å². The Bertz CT molecular complexity index is 1240. The fraction of sp³-hybridized carbons (Fsp3) is 0.630. The molecule has 2 aliphatic heterocycles. The molecule has 4 fully saturated rings. The molecule has 12 heteroatoms. The van der Waals surface area contributed by atoms with E-state index in [0.29, 0.717) is 31.2 Å². The third-order valence-corrected chi connectivity index (χ3v) is 10.6. The van der Waals surface area contributed by atoms with Crippen molar-refractivity contribution in [2.75, 3.05) is 38.5 Å². The minimum Gasteiger partial charge on any atom is -0.325 e. The van der Waals surface area contributed by atoms with Crippen LogP contribution in [0.2, 0.25) is 0 Å². The summed E-state index contributed by atoms with van der Waals surface area (Å²) in [7, 11) is 2.16. The molecule has 3 N–H and O–H groups in total. The van der Waals surface area contributed by atoms with Crippen LogP contribution in [0.5, 0.6) is 0 Å². The lowest BCUT2D eigenvalue weighted by atomic mass is 10.0. The standard InChI is InChI=1S/C27H34F4N6OS/c1-35-14-18-10-17(35)15-36(18)7-2-8-37(25(38)34-16-3-4-21(28)19(9-16)27(29,30)31)22-5-6-26(11-20(22)26)23-13-33-24(12-32)39-23/h3-4,9,13,17-18,20,22H,2,5-8,10-12,14-15,32H2,1H3,(H,34,38)/t17-,18-,20+,22+,26?/m0/s1. The molecule has 1 aromatic heterocycles. The molecule has 0 radical (unpaired) electrons. The van der Waals surface area contributed by atoms with Crippen LogP contribution in [0.1, 0.15) is 47.6 Å². The second kappa shape index (κ2) is 9.97. The highest BCUT2D eigenvalue weighted by Crippen LogP contribution is 2.66. The molecule has 2 aromatic rings. The van der Waals surface area contributed by atoms with Crippen molar-refractivity contribution in [3.8, 4) is 0 Å². The fourth-order valence-corrected chi connectivity index (χ4v) is 8.33. The summed E-state index contributed by atoms with van der Waals surface area (Å²) in [5.41, 5.74) is 4.34. The first-order valence-corrected chi connectivity index (χ1v) is 14.4. The maximum atomic E-state index is 13.8. The number of carbonyl (C=O) groups excluding carboxylic acids is 1. The van der Waals surface area contributed by atoms with Crippen molar-refractivity contribution in [3.63, 3.8) is 0 Å². The number of likely N-dealkylation sites (tertiary alicyclic amines) is 2. The van der Waals surface area contributed by atoms with E-state index in [-0.39, 0.29) is 23.1 Å². The molecule has 2 amide bonds. The summed E-state index contributed by atoms with van der Waals surface area (Å²) in [4.78, 5) is 26.0. The smallest absolute Gasteiger partial charge is 0.325 e. The molecule has 4 aliphatic rings. The molecule has 39 heavy (non-hydrogen) atoms. The Hall–Kier alpha value is -2.28. The summed E-state index contributed by atoms with van der Waals surface area (Å²) in [5, 5.41) is 3.54. The minimum absolute atomic E-state index is 0.00625. The molecule has 212 valence electrons. The van der Waals surface area contributed by atoms with Crippen molar-refractivity contribution >= 4 is 23.1 Å². The highest BCUT2D eigenvalue weighted by Gasteiger charge is 2.65. The zero-order valence-electron chi connectivity index (χ0n) is 21.9. The monoisotopic (exact) mass is 566 g/mol. The predicted octanol–water partition coefficient (Wildman–Crippen LogP) is 4.49. The number of benzene rings is 1. The van der Waals surface area contributed by atoms with Gasteiger partial charge in [0.25, 0.3) is 0 Å². The number of halogens is 4. The van der Waals surface area contributed by atoms with Gasteiger partial charge in [-0.1, -0.05) is 0 Å². The SMILES string of the molecule is CN1C[C@@H]2C[C@H]1CN2CCCN(C(=O)Nc1ccc(F)c(C(F)(F)F)c1)[C@@H]1CCC2(c3cnc(CN)s3)C[C@H]12. The van der Waals surface area contributed by atoms with E-state index in [4.69, 9.17) is 5.73 Å². The number of thiazole rings is 1. The second-order valence-corrected chi connectivity index (χ2v) is 12.7. The van der Waals surface area contributed by atoms with E-state index in [2.05, 4.69) is 27.1 Å². The molecule has 5 atom stereocenters. The fourth-order valence-electron chi connectivity index (χ4n) is 7.25. The van der Waals surface area contributed by atoms with Crippen molar-refractivity contribution in [3.05, 3.63) is 45.7 Å². The van der Waals surface area contributed by atoms with Crippen molar-refractivity contribution in [1.29, 1.82) is 0 Å². The van der Waals surface area contributed by atoms with Gasteiger partial charge in [0.05, 0.1) is 5.56 Å². The number of rotatable bonds is 8. The predicted molar refractivity (Wildman–Crippen MR) is 141 cm³/mol. The van der Waals surface area contributed by atoms with Crippen LogP contribution in [-0.2, 0) is 18.1 Å². The van der Waals surface area contributed by atoms with Crippen LogP contribution in [0.4, 0.5) is 28.0 Å². The van der Waals surface area contributed by atoms with Crippen LogP contribution in [0.25, 0.3) is 0 Å². The number of nitrogens with one attached hydrogen (secondary N) is 1. The maximum absolute atomic E-state index is 13.8. The molecule has 2 bridgehead atoms. The number of hydrogen-bond donors (Lipinski definition) is 2. The van der Waals surface area contributed by atoms with Crippen LogP contribution in [0.3, 0.4) is 0 Å². The number of anilines is 1. The maximum Gasteiger partial charge on any atom is 0.419 e. The van der Waals surface area contributed by atoms with Gasteiger partial charge in [0.15, 0.2) is 0 Å². The number of amides is 2. The Morgan fingerprint density at radius 1 is 1.31 bits per heavy atom. The summed E-state index contributed by atoms with van der Waals surface area (Å²) in [6, 6.07) is 3.30. The number of piperazine rings is 1.